The molecule has 0 aliphatic rings. The van der Waals surface area contributed by atoms with Gasteiger partial charge in [-0.1, -0.05) is 50.2 Å². The van der Waals surface area contributed by atoms with Crippen LogP contribution in [0.2, 0.25) is 0 Å². The second kappa shape index (κ2) is 7.57. The first-order chi connectivity index (χ1) is 12.1. The lowest BCUT2D eigenvalue weighted by Crippen LogP contribution is -2.16. The summed E-state index contributed by atoms with van der Waals surface area (Å²) in [5.41, 5.74) is 3.07. The van der Waals surface area contributed by atoms with Gasteiger partial charge in [-0.3, -0.25) is 4.79 Å². The molecule has 2 aromatic carbocycles. The number of benzene rings is 2. The summed E-state index contributed by atoms with van der Waals surface area (Å²) in [5, 5.41) is 6.03. The molecule has 1 heterocycles. The number of amides is 1. The monoisotopic (exact) mass is 332 g/mol. The van der Waals surface area contributed by atoms with Crippen LogP contribution in [0.5, 0.6) is 0 Å². The van der Waals surface area contributed by atoms with Gasteiger partial charge in [-0.2, -0.15) is 0 Å². The second-order valence-corrected chi connectivity index (χ2v) is 5.95. The molecule has 5 heteroatoms. The number of carbonyl (C=O) groups is 1. The van der Waals surface area contributed by atoms with E-state index in [4.69, 9.17) is 0 Å². The van der Waals surface area contributed by atoms with Crippen LogP contribution in [-0.4, -0.2) is 15.9 Å². The lowest BCUT2D eigenvalue weighted by Gasteiger charge is -2.13. The van der Waals surface area contributed by atoms with E-state index in [0.29, 0.717) is 17.6 Å². The van der Waals surface area contributed by atoms with Crippen molar-refractivity contribution in [1.82, 2.24) is 9.97 Å². The largest absolute Gasteiger partial charge is 0.324 e. The molecule has 1 amide bonds. The first kappa shape index (κ1) is 16.6. The van der Waals surface area contributed by atoms with Gasteiger partial charge < -0.3 is 10.6 Å². The van der Waals surface area contributed by atoms with E-state index in [-0.39, 0.29) is 5.91 Å². The van der Waals surface area contributed by atoms with E-state index in [9.17, 15) is 4.79 Å². The van der Waals surface area contributed by atoms with Crippen LogP contribution < -0.4 is 10.6 Å². The Morgan fingerprint density at radius 2 is 1.68 bits per heavy atom. The Morgan fingerprint density at radius 1 is 0.960 bits per heavy atom. The Morgan fingerprint density at radius 3 is 2.44 bits per heavy atom. The van der Waals surface area contributed by atoms with Crippen molar-refractivity contribution in [3.8, 4) is 0 Å². The third kappa shape index (κ3) is 4.20. The van der Waals surface area contributed by atoms with Gasteiger partial charge in [0.1, 0.15) is 5.69 Å². The summed E-state index contributed by atoms with van der Waals surface area (Å²) in [6.07, 6.45) is 1.57. The van der Waals surface area contributed by atoms with E-state index >= 15 is 0 Å². The van der Waals surface area contributed by atoms with Gasteiger partial charge in [0, 0.05) is 17.6 Å². The number of nitrogens with one attached hydrogen (secondary N) is 2. The van der Waals surface area contributed by atoms with E-state index in [1.807, 2.05) is 54.6 Å². The van der Waals surface area contributed by atoms with Gasteiger partial charge in [0.2, 0.25) is 5.95 Å². The molecular formula is C20H20N4O. The average Bonchev–Trinajstić information content (AvgIpc) is 2.63. The maximum Gasteiger partial charge on any atom is 0.274 e. The molecule has 1 aromatic heterocycles. The number of aromatic nitrogens is 2. The van der Waals surface area contributed by atoms with E-state index < -0.39 is 0 Å². The molecule has 3 rings (SSSR count). The zero-order valence-electron chi connectivity index (χ0n) is 14.2. The van der Waals surface area contributed by atoms with Crippen molar-refractivity contribution in [3.05, 3.63) is 78.1 Å². The van der Waals surface area contributed by atoms with Crippen LogP contribution in [0.1, 0.15) is 35.8 Å². The summed E-state index contributed by atoms with van der Waals surface area (Å²) in [5.74, 6) is 0.444. The molecule has 0 unspecified atom stereocenters. The summed E-state index contributed by atoms with van der Waals surface area (Å²) < 4.78 is 0. The summed E-state index contributed by atoms with van der Waals surface area (Å²) in [6.45, 7) is 4.19. The fourth-order valence-electron chi connectivity index (χ4n) is 2.50. The minimum Gasteiger partial charge on any atom is -0.324 e. The predicted molar refractivity (Wildman–Crippen MR) is 100 cm³/mol. The molecule has 0 saturated carbocycles. The molecule has 0 saturated heterocycles. The summed E-state index contributed by atoms with van der Waals surface area (Å²) >= 11 is 0. The minimum atomic E-state index is -0.258. The molecule has 0 spiro atoms. The predicted octanol–water partition coefficient (Wildman–Crippen LogP) is 4.60. The molecule has 2 N–H and O–H groups in total. The maximum atomic E-state index is 12.6. The second-order valence-electron chi connectivity index (χ2n) is 5.95. The maximum absolute atomic E-state index is 12.6. The van der Waals surface area contributed by atoms with Crippen molar-refractivity contribution in [2.45, 2.75) is 19.8 Å². The van der Waals surface area contributed by atoms with Gasteiger partial charge in [0.25, 0.3) is 5.91 Å². The van der Waals surface area contributed by atoms with Crippen molar-refractivity contribution in [3.63, 3.8) is 0 Å². The molecule has 0 aliphatic heterocycles. The quantitative estimate of drug-likeness (QED) is 0.717. The summed E-state index contributed by atoms with van der Waals surface area (Å²) in [4.78, 5) is 21.0. The van der Waals surface area contributed by atoms with Crippen LogP contribution in [0.4, 0.5) is 17.3 Å². The number of nitrogens with zero attached hydrogens (tertiary/aromatic N) is 2. The molecular weight excluding hydrogens is 312 g/mol. The van der Waals surface area contributed by atoms with Crippen molar-refractivity contribution < 1.29 is 4.79 Å². The van der Waals surface area contributed by atoms with Crippen LogP contribution in [0.3, 0.4) is 0 Å². The lowest BCUT2D eigenvalue weighted by molar-refractivity contribution is 0.102. The Kier molecular flexibility index (Phi) is 5.04. The highest BCUT2D eigenvalue weighted by Crippen LogP contribution is 2.24. The standard InChI is InChI=1S/C20H20N4O/c1-14(2)16-10-6-7-11-17(16)23-19(25)18-12-13-21-20(24-18)22-15-8-4-3-5-9-15/h3-14H,1-2H3,(H,23,25)(H,21,22,24). The molecule has 5 nitrogen and oxygen atoms in total. The van der Waals surface area contributed by atoms with Crippen molar-refractivity contribution in [2.24, 2.45) is 0 Å². The average molecular weight is 332 g/mol. The van der Waals surface area contributed by atoms with Gasteiger partial charge in [0.05, 0.1) is 0 Å². The van der Waals surface area contributed by atoms with E-state index in [0.717, 1.165) is 16.9 Å². The fourth-order valence-corrected chi connectivity index (χ4v) is 2.50. The third-order valence-electron chi connectivity index (χ3n) is 3.75. The van der Waals surface area contributed by atoms with Crippen molar-refractivity contribution >= 4 is 23.2 Å². The van der Waals surface area contributed by atoms with Crippen LogP contribution in [0, 0.1) is 0 Å². The normalized spacial score (nSPS) is 10.5. The Labute approximate surface area is 147 Å². The van der Waals surface area contributed by atoms with Gasteiger partial charge in [-0.15, -0.1) is 0 Å². The number of hydrogen-bond donors (Lipinski definition) is 2. The summed E-state index contributed by atoms with van der Waals surface area (Å²) in [6, 6.07) is 19.0. The van der Waals surface area contributed by atoms with Crippen molar-refractivity contribution in [2.75, 3.05) is 10.6 Å². The van der Waals surface area contributed by atoms with Crippen LogP contribution in [0.25, 0.3) is 0 Å². The topological polar surface area (TPSA) is 66.9 Å². The zero-order chi connectivity index (χ0) is 17.6. The number of hydrogen-bond acceptors (Lipinski definition) is 4. The van der Waals surface area contributed by atoms with Gasteiger partial charge >= 0.3 is 0 Å². The minimum absolute atomic E-state index is 0.258. The molecule has 3 aromatic rings. The summed E-state index contributed by atoms with van der Waals surface area (Å²) in [7, 11) is 0. The van der Waals surface area contributed by atoms with Gasteiger partial charge in [-0.25, -0.2) is 9.97 Å². The molecule has 0 fully saturated rings. The van der Waals surface area contributed by atoms with Crippen LogP contribution >= 0.6 is 0 Å². The molecule has 0 atom stereocenters. The highest BCUT2D eigenvalue weighted by molar-refractivity contribution is 6.03. The smallest absolute Gasteiger partial charge is 0.274 e. The fraction of sp³-hybridized carbons (Fsp3) is 0.150. The molecule has 0 aliphatic carbocycles. The lowest BCUT2D eigenvalue weighted by atomic mass is 10.0. The van der Waals surface area contributed by atoms with E-state index in [1.54, 1.807) is 12.3 Å². The zero-order valence-corrected chi connectivity index (χ0v) is 14.2. The Bertz CT molecular complexity index is 862. The number of rotatable bonds is 5. The molecule has 0 radical (unpaired) electrons. The van der Waals surface area contributed by atoms with Crippen molar-refractivity contribution in [1.29, 1.82) is 0 Å². The highest BCUT2D eigenvalue weighted by Gasteiger charge is 2.13. The molecule has 126 valence electrons. The van der Waals surface area contributed by atoms with E-state index in [1.165, 1.54) is 0 Å². The third-order valence-corrected chi connectivity index (χ3v) is 3.75. The van der Waals surface area contributed by atoms with Gasteiger partial charge in [-0.05, 0) is 35.7 Å². The van der Waals surface area contributed by atoms with Crippen LogP contribution in [-0.2, 0) is 0 Å². The van der Waals surface area contributed by atoms with E-state index in [2.05, 4.69) is 34.4 Å². The van der Waals surface area contributed by atoms with Gasteiger partial charge in [0.15, 0.2) is 0 Å². The number of anilines is 3. The first-order valence-corrected chi connectivity index (χ1v) is 8.19. The molecule has 25 heavy (non-hydrogen) atoms. The first-order valence-electron chi connectivity index (χ1n) is 8.19. The Balaban J connectivity index is 1.78. The van der Waals surface area contributed by atoms with Crippen LogP contribution in [0.15, 0.2) is 66.9 Å². The Hall–Kier alpha value is -3.21. The number of para-hydroxylation sites is 2. The SMILES string of the molecule is CC(C)c1ccccc1NC(=O)c1ccnc(Nc2ccccc2)n1. The number of carbonyl (C=O) groups excluding carboxylic acids is 1. The highest BCUT2D eigenvalue weighted by atomic mass is 16.1. The molecule has 0 bridgehead atoms.